The maximum Gasteiger partial charge on any atom is 0.264 e. The number of carbonyl (C=O) groups is 1. The van der Waals surface area contributed by atoms with Crippen LogP contribution < -0.4 is 14.4 Å². The van der Waals surface area contributed by atoms with Gasteiger partial charge >= 0.3 is 0 Å². The first-order valence-electron chi connectivity index (χ1n) is 10.4. The Morgan fingerprint density at radius 2 is 1.77 bits per heavy atom. The molecule has 3 atom stereocenters. The highest BCUT2D eigenvalue weighted by Crippen LogP contribution is 2.44. The van der Waals surface area contributed by atoms with Gasteiger partial charge in [0.15, 0.2) is 0 Å². The summed E-state index contributed by atoms with van der Waals surface area (Å²) >= 11 is 0. The monoisotopic (exact) mass is 428 g/mol. The molecular weight excluding hydrogens is 400 g/mol. The Hall–Kier alpha value is -2.54. The fourth-order valence-electron chi connectivity index (χ4n) is 4.71. The van der Waals surface area contributed by atoms with E-state index in [2.05, 4.69) is 5.32 Å². The maximum atomic E-state index is 13.4. The van der Waals surface area contributed by atoms with Crippen LogP contribution >= 0.6 is 0 Å². The Morgan fingerprint density at radius 3 is 2.33 bits per heavy atom. The van der Waals surface area contributed by atoms with Gasteiger partial charge in [0.05, 0.1) is 17.7 Å². The molecule has 160 valence electrons. The summed E-state index contributed by atoms with van der Waals surface area (Å²) in [7, 11) is -2.38. The number of rotatable bonds is 7. The Morgan fingerprint density at radius 1 is 1.07 bits per heavy atom. The van der Waals surface area contributed by atoms with E-state index < -0.39 is 10.0 Å². The molecule has 2 fully saturated rings. The highest BCUT2D eigenvalue weighted by molar-refractivity contribution is 7.92. The van der Waals surface area contributed by atoms with Crippen LogP contribution in [0.1, 0.15) is 31.2 Å². The maximum absolute atomic E-state index is 13.4. The predicted molar refractivity (Wildman–Crippen MR) is 116 cm³/mol. The minimum Gasteiger partial charge on any atom is -0.497 e. The number of nitrogens with zero attached hydrogens (tertiary/aromatic N) is 1. The number of fused-ring (bicyclic) bond motifs is 2. The lowest BCUT2D eigenvalue weighted by Gasteiger charge is -2.27. The molecule has 0 heterocycles. The van der Waals surface area contributed by atoms with Crippen molar-refractivity contribution in [3.05, 3.63) is 54.1 Å². The highest BCUT2D eigenvalue weighted by atomic mass is 32.2. The third-order valence-electron chi connectivity index (χ3n) is 6.34. The van der Waals surface area contributed by atoms with E-state index in [4.69, 9.17) is 4.74 Å². The number of methoxy groups -OCH3 is 1. The summed E-state index contributed by atoms with van der Waals surface area (Å²) in [5, 5.41) is 3.10. The summed E-state index contributed by atoms with van der Waals surface area (Å²) in [6.45, 7) is 1.69. The predicted octanol–water partition coefficient (Wildman–Crippen LogP) is 3.50. The number of nitrogens with one attached hydrogen (secondary N) is 1. The van der Waals surface area contributed by atoms with E-state index >= 15 is 0 Å². The van der Waals surface area contributed by atoms with Crippen LogP contribution in [0.15, 0.2) is 53.4 Å². The van der Waals surface area contributed by atoms with Crippen molar-refractivity contribution >= 4 is 21.6 Å². The van der Waals surface area contributed by atoms with Crippen LogP contribution in [0.5, 0.6) is 5.75 Å². The summed E-state index contributed by atoms with van der Waals surface area (Å²) in [5.74, 6) is 1.55. The van der Waals surface area contributed by atoms with Gasteiger partial charge in [-0.1, -0.05) is 24.1 Å². The number of aryl methyl sites for hydroxylation is 1. The number of anilines is 1. The lowest BCUT2D eigenvalue weighted by Crippen LogP contribution is -2.46. The summed E-state index contributed by atoms with van der Waals surface area (Å²) in [6, 6.07) is 13.6. The molecule has 2 aliphatic carbocycles. The zero-order valence-electron chi connectivity index (χ0n) is 17.4. The van der Waals surface area contributed by atoms with Crippen molar-refractivity contribution in [2.45, 2.75) is 43.5 Å². The Bertz CT molecular complexity index is 1000. The number of ether oxygens (including phenoxy) is 1. The van der Waals surface area contributed by atoms with E-state index in [0.29, 0.717) is 23.3 Å². The largest absolute Gasteiger partial charge is 0.497 e. The number of carbonyl (C=O) groups excluding carboxylic acids is 1. The van der Waals surface area contributed by atoms with Crippen LogP contribution in [0.3, 0.4) is 0 Å². The van der Waals surface area contributed by atoms with Crippen molar-refractivity contribution in [2.24, 2.45) is 11.8 Å². The normalized spacial score (nSPS) is 22.7. The van der Waals surface area contributed by atoms with E-state index in [1.54, 1.807) is 24.3 Å². The fourth-order valence-corrected chi connectivity index (χ4v) is 6.13. The van der Waals surface area contributed by atoms with Crippen LogP contribution in [0, 0.1) is 18.8 Å². The number of sulfonamides is 1. The summed E-state index contributed by atoms with van der Waals surface area (Å²) in [5.41, 5.74) is 1.49. The summed E-state index contributed by atoms with van der Waals surface area (Å²) < 4.78 is 33.2. The van der Waals surface area contributed by atoms with Crippen molar-refractivity contribution < 1.29 is 17.9 Å². The van der Waals surface area contributed by atoms with E-state index in [9.17, 15) is 13.2 Å². The zero-order valence-corrected chi connectivity index (χ0v) is 18.2. The van der Waals surface area contributed by atoms with Crippen LogP contribution in [-0.2, 0) is 14.8 Å². The second kappa shape index (κ2) is 8.30. The molecule has 4 rings (SSSR count). The van der Waals surface area contributed by atoms with Gasteiger partial charge in [-0.05, 0) is 74.4 Å². The zero-order chi connectivity index (χ0) is 21.3. The van der Waals surface area contributed by atoms with Gasteiger partial charge in [0.2, 0.25) is 5.91 Å². The average Bonchev–Trinajstić information content (AvgIpc) is 3.36. The number of hydrogen-bond donors (Lipinski definition) is 1. The topological polar surface area (TPSA) is 75.7 Å². The van der Waals surface area contributed by atoms with Gasteiger partial charge < -0.3 is 10.1 Å². The van der Waals surface area contributed by atoms with E-state index in [1.165, 1.54) is 36.4 Å². The van der Waals surface area contributed by atoms with Gasteiger partial charge in [-0.2, -0.15) is 0 Å². The molecule has 0 unspecified atom stereocenters. The van der Waals surface area contributed by atoms with Gasteiger partial charge in [0.25, 0.3) is 10.0 Å². The highest BCUT2D eigenvalue weighted by Gasteiger charge is 2.40. The fraction of sp³-hybridized carbons (Fsp3) is 0.435. The second-order valence-corrected chi connectivity index (χ2v) is 10.2. The molecule has 2 saturated carbocycles. The molecule has 6 nitrogen and oxygen atoms in total. The molecule has 0 saturated heterocycles. The first-order chi connectivity index (χ1) is 14.4. The third kappa shape index (κ3) is 4.17. The van der Waals surface area contributed by atoms with Gasteiger partial charge in [0.1, 0.15) is 12.3 Å². The molecule has 0 spiro atoms. The van der Waals surface area contributed by atoms with E-state index in [1.807, 2.05) is 19.1 Å². The van der Waals surface area contributed by atoms with E-state index in [-0.39, 0.29) is 23.4 Å². The lowest BCUT2D eigenvalue weighted by atomic mass is 9.95. The summed E-state index contributed by atoms with van der Waals surface area (Å²) in [4.78, 5) is 13.0. The van der Waals surface area contributed by atoms with Gasteiger partial charge in [-0.25, -0.2) is 8.42 Å². The number of amides is 1. The Kier molecular flexibility index (Phi) is 5.73. The Labute approximate surface area is 178 Å². The van der Waals surface area contributed by atoms with Crippen LogP contribution in [0.25, 0.3) is 0 Å². The van der Waals surface area contributed by atoms with Gasteiger partial charge in [0, 0.05) is 6.04 Å². The molecule has 2 aliphatic rings. The SMILES string of the molecule is COc1ccc(S(=O)(=O)N(CC(=O)N[C@H]2C[C@H]3CC[C@H]2C3)c2ccc(C)cc2)cc1. The smallest absolute Gasteiger partial charge is 0.264 e. The van der Waals surface area contributed by atoms with Gasteiger partial charge in [-0.3, -0.25) is 9.10 Å². The minimum absolute atomic E-state index is 0.122. The minimum atomic E-state index is -3.91. The molecule has 1 amide bonds. The quantitative estimate of drug-likeness (QED) is 0.732. The van der Waals surface area contributed by atoms with Crippen molar-refractivity contribution in [1.82, 2.24) is 5.32 Å². The van der Waals surface area contributed by atoms with Crippen LogP contribution in [0.4, 0.5) is 5.69 Å². The first-order valence-corrected chi connectivity index (χ1v) is 11.8. The molecule has 2 bridgehead atoms. The summed E-state index contributed by atoms with van der Waals surface area (Å²) in [6.07, 6.45) is 4.59. The lowest BCUT2D eigenvalue weighted by molar-refractivity contribution is -0.120. The molecule has 0 aromatic heterocycles. The second-order valence-electron chi connectivity index (χ2n) is 8.37. The average molecular weight is 429 g/mol. The van der Waals surface area contributed by atoms with Crippen molar-refractivity contribution in [2.75, 3.05) is 18.0 Å². The molecule has 30 heavy (non-hydrogen) atoms. The molecule has 1 N–H and O–H groups in total. The molecule has 2 aromatic rings. The Balaban J connectivity index is 1.58. The first kappa shape index (κ1) is 20.7. The molecule has 7 heteroatoms. The van der Waals surface area contributed by atoms with Crippen molar-refractivity contribution in [1.29, 1.82) is 0 Å². The van der Waals surface area contributed by atoms with Crippen LogP contribution in [0.2, 0.25) is 0 Å². The van der Waals surface area contributed by atoms with Crippen molar-refractivity contribution in [3.63, 3.8) is 0 Å². The van der Waals surface area contributed by atoms with E-state index in [0.717, 1.165) is 18.4 Å². The molecule has 0 radical (unpaired) electrons. The third-order valence-corrected chi connectivity index (χ3v) is 8.13. The molecule has 0 aliphatic heterocycles. The van der Waals surface area contributed by atoms with Crippen molar-refractivity contribution in [3.8, 4) is 5.75 Å². The molecular formula is C23H28N2O4S. The van der Waals surface area contributed by atoms with Gasteiger partial charge in [-0.15, -0.1) is 0 Å². The van der Waals surface area contributed by atoms with Crippen LogP contribution in [-0.4, -0.2) is 34.0 Å². The standard InChI is InChI=1S/C23H28N2O4S/c1-16-3-7-19(8-4-16)25(30(27,28)21-11-9-20(29-2)10-12-21)15-23(26)24-22-14-17-5-6-18(22)13-17/h3-4,7-12,17-18,22H,5-6,13-15H2,1-2H3,(H,24,26)/t17-,18-,22-/m0/s1. The number of hydrogen-bond acceptors (Lipinski definition) is 4. The molecule has 2 aromatic carbocycles. The number of benzene rings is 2.